The number of rotatable bonds is 8. The topological polar surface area (TPSA) is 98.7 Å². The molecule has 6 nitrogen and oxygen atoms in total. The molecule has 0 aromatic rings. The van der Waals surface area contributed by atoms with Gasteiger partial charge in [-0.2, -0.15) is 0 Å². The normalized spacial score (nSPS) is 13.7. The lowest BCUT2D eigenvalue weighted by Crippen LogP contribution is -2.46. The predicted molar refractivity (Wildman–Crippen MR) is 81.6 cm³/mol. The molecule has 0 aromatic heterocycles. The van der Waals surface area contributed by atoms with Crippen LogP contribution >= 0.6 is 0 Å². The summed E-state index contributed by atoms with van der Waals surface area (Å²) < 4.78 is 0. The third-order valence-corrected chi connectivity index (χ3v) is 3.24. The van der Waals surface area contributed by atoms with Crippen LogP contribution in [0, 0.1) is 10.8 Å². The van der Waals surface area contributed by atoms with E-state index in [4.69, 9.17) is 5.11 Å². The van der Waals surface area contributed by atoms with Crippen molar-refractivity contribution in [2.75, 3.05) is 19.7 Å². The van der Waals surface area contributed by atoms with Gasteiger partial charge in [0.15, 0.2) is 0 Å². The van der Waals surface area contributed by atoms with Crippen molar-refractivity contribution in [3.63, 3.8) is 0 Å². The maximum absolute atomic E-state index is 11.7. The zero-order valence-electron chi connectivity index (χ0n) is 13.8. The summed E-state index contributed by atoms with van der Waals surface area (Å²) >= 11 is 0. The fourth-order valence-electron chi connectivity index (χ4n) is 1.50. The van der Waals surface area contributed by atoms with Gasteiger partial charge in [0, 0.05) is 24.9 Å². The molecule has 0 aromatic carbocycles. The smallest absolute Gasteiger partial charge is 0.249 e. The number of hydrogen-bond donors (Lipinski definition) is 4. The standard InChI is InChI=1S/C15H30N2O4/c1-14(2,3)7-9-16-11(19)6-8-17-13(21)12(20)15(4,5)10-18/h12,18,20H,6-10H2,1-5H3,(H,16,19)(H,17,21). The summed E-state index contributed by atoms with van der Waals surface area (Å²) in [5.74, 6) is -0.702. The van der Waals surface area contributed by atoms with E-state index < -0.39 is 17.4 Å². The van der Waals surface area contributed by atoms with Crippen molar-refractivity contribution in [2.45, 2.75) is 53.6 Å². The second-order valence-corrected chi connectivity index (χ2v) is 7.25. The number of hydrogen-bond acceptors (Lipinski definition) is 4. The number of carbonyl (C=O) groups is 2. The first-order chi connectivity index (χ1) is 9.49. The van der Waals surface area contributed by atoms with Gasteiger partial charge in [-0.3, -0.25) is 9.59 Å². The van der Waals surface area contributed by atoms with E-state index in [-0.39, 0.29) is 30.9 Å². The van der Waals surface area contributed by atoms with Crippen LogP contribution in [0.15, 0.2) is 0 Å². The highest BCUT2D eigenvalue weighted by molar-refractivity contribution is 5.82. The molecule has 2 amide bonds. The van der Waals surface area contributed by atoms with Crippen molar-refractivity contribution in [1.29, 1.82) is 0 Å². The first-order valence-corrected chi connectivity index (χ1v) is 7.33. The third kappa shape index (κ3) is 8.67. The lowest BCUT2D eigenvalue weighted by atomic mass is 9.87. The summed E-state index contributed by atoms with van der Waals surface area (Å²) in [6, 6.07) is 0. The van der Waals surface area contributed by atoms with Gasteiger partial charge in [-0.15, -0.1) is 0 Å². The second kappa shape index (κ2) is 8.34. The van der Waals surface area contributed by atoms with Crippen LogP contribution in [0.25, 0.3) is 0 Å². The Balaban J connectivity index is 3.94. The van der Waals surface area contributed by atoms with E-state index >= 15 is 0 Å². The quantitative estimate of drug-likeness (QED) is 0.522. The number of aliphatic hydroxyl groups excluding tert-OH is 2. The minimum atomic E-state index is -1.30. The average molecular weight is 302 g/mol. The SMILES string of the molecule is CC(C)(C)CCNC(=O)CCNC(=O)C(O)C(C)(C)CO. The fraction of sp³-hybridized carbons (Fsp3) is 0.867. The average Bonchev–Trinajstić information content (AvgIpc) is 2.36. The van der Waals surface area contributed by atoms with Crippen molar-refractivity contribution < 1.29 is 19.8 Å². The Hall–Kier alpha value is -1.14. The van der Waals surface area contributed by atoms with Gasteiger partial charge in [-0.1, -0.05) is 34.6 Å². The minimum absolute atomic E-state index is 0.129. The van der Waals surface area contributed by atoms with Crippen LogP contribution in [0.5, 0.6) is 0 Å². The van der Waals surface area contributed by atoms with Crippen molar-refractivity contribution >= 4 is 11.8 Å². The summed E-state index contributed by atoms with van der Waals surface area (Å²) in [5, 5.41) is 24.1. The van der Waals surface area contributed by atoms with Gasteiger partial charge in [0.1, 0.15) is 6.10 Å². The van der Waals surface area contributed by atoms with Gasteiger partial charge in [0.05, 0.1) is 6.61 Å². The van der Waals surface area contributed by atoms with Crippen molar-refractivity contribution in [3.05, 3.63) is 0 Å². The van der Waals surface area contributed by atoms with E-state index in [1.165, 1.54) is 0 Å². The molecule has 0 spiro atoms. The Kier molecular flexibility index (Phi) is 7.89. The number of amides is 2. The highest BCUT2D eigenvalue weighted by Crippen LogP contribution is 2.19. The van der Waals surface area contributed by atoms with Gasteiger partial charge < -0.3 is 20.8 Å². The molecular formula is C15H30N2O4. The first-order valence-electron chi connectivity index (χ1n) is 7.33. The Labute approximate surface area is 127 Å². The lowest BCUT2D eigenvalue weighted by Gasteiger charge is -2.27. The maximum Gasteiger partial charge on any atom is 0.249 e. The van der Waals surface area contributed by atoms with Crippen LogP contribution in [0.2, 0.25) is 0 Å². The zero-order chi connectivity index (χ0) is 16.7. The molecule has 0 heterocycles. The summed E-state index contributed by atoms with van der Waals surface area (Å²) in [6.45, 7) is 9.97. The molecule has 0 saturated carbocycles. The molecule has 6 heteroatoms. The van der Waals surface area contributed by atoms with E-state index in [0.29, 0.717) is 6.54 Å². The number of carbonyl (C=O) groups excluding carboxylic acids is 2. The summed E-state index contributed by atoms with van der Waals surface area (Å²) in [5.41, 5.74) is -0.736. The molecule has 1 atom stereocenters. The van der Waals surface area contributed by atoms with Crippen LogP contribution in [-0.4, -0.2) is 47.8 Å². The van der Waals surface area contributed by atoms with Gasteiger partial charge in [0.2, 0.25) is 11.8 Å². The van der Waals surface area contributed by atoms with Crippen LogP contribution in [0.4, 0.5) is 0 Å². The molecular weight excluding hydrogens is 272 g/mol. The van der Waals surface area contributed by atoms with E-state index in [1.54, 1.807) is 13.8 Å². The van der Waals surface area contributed by atoms with Crippen LogP contribution in [0.1, 0.15) is 47.5 Å². The molecule has 0 bridgehead atoms. The molecule has 1 unspecified atom stereocenters. The Bertz CT molecular complexity index is 348. The molecule has 0 aliphatic carbocycles. The monoisotopic (exact) mass is 302 g/mol. The van der Waals surface area contributed by atoms with E-state index in [9.17, 15) is 14.7 Å². The van der Waals surface area contributed by atoms with Gasteiger partial charge in [0.25, 0.3) is 0 Å². The fourth-order valence-corrected chi connectivity index (χ4v) is 1.50. The largest absolute Gasteiger partial charge is 0.396 e. The predicted octanol–water partition coefficient (Wildman–Crippen LogP) is 0.425. The summed E-state index contributed by atoms with van der Waals surface area (Å²) in [7, 11) is 0. The molecule has 124 valence electrons. The zero-order valence-corrected chi connectivity index (χ0v) is 13.8. The van der Waals surface area contributed by atoms with E-state index in [2.05, 4.69) is 31.4 Å². The van der Waals surface area contributed by atoms with Crippen LogP contribution in [0.3, 0.4) is 0 Å². The van der Waals surface area contributed by atoms with Crippen molar-refractivity contribution in [2.24, 2.45) is 10.8 Å². The van der Waals surface area contributed by atoms with Crippen molar-refractivity contribution in [3.8, 4) is 0 Å². The van der Waals surface area contributed by atoms with Gasteiger partial charge in [-0.25, -0.2) is 0 Å². The molecule has 0 aliphatic rings. The Morgan fingerprint density at radius 3 is 2.10 bits per heavy atom. The van der Waals surface area contributed by atoms with E-state index in [0.717, 1.165) is 6.42 Å². The first kappa shape index (κ1) is 19.9. The molecule has 0 saturated heterocycles. The molecule has 0 radical (unpaired) electrons. The molecule has 21 heavy (non-hydrogen) atoms. The molecule has 4 N–H and O–H groups in total. The number of aliphatic hydroxyl groups is 2. The third-order valence-electron chi connectivity index (χ3n) is 3.24. The molecule has 0 aliphatic heterocycles. The maximum atomic E-state index is 11.7. The van der Waals surface area contributed by atoms with Gasteiger partial charge >= 0.3 is 0 Å². The Morgan fingerprint density at radius 2 is 1.62 bits per heavy atom. The van der Waals surface area contributed by atoms with Crippen molar-refractivity contribution in [1.82, 2.24) is 10.6 Å². The highest BCUT2D eigenvalue weighted by atomic mass is 16.3. The van der Waals surface area contributed by atoms with E-state index in [1.807, 2.05) is 0 Å². The molecule has 0 fully saturated rings. The highest BCUT2D eigenvalue weighted by Gasteiger charge is 2.32. The molecule has 0 rings (SSSR count). The second-order valence-electron chi connectivity index (χ2n) is 7.25. The van der Waals surface area contributed by atoms with Crippen LogP contribution < -0.4 is 10.6 Å². The number of nitrogens with one attached hydrogen (secondary N) is 2. The van der Waals surface area contributed by atoms with Gasteiger partial charge in [-0.05, 0) is 11.8 Å². The Morgan fingerprint density at radius 1 is 1.05 bits per heavy atom. The van der Waals surface area contributed by atoms with Crippen LogP contribution in [-0.2, 0) is 9.59 Å². The minimum Gasteiger partial charge on any atom is -0.396 e. The summed E-state index contributed by atoms with van der Waals surface area (Å²) in [4.78, 5) is 23.2. The lowest BCUT2D eigenvalue weighted by molar-refractivity contribution is -0.137. The summed E-state index contributed by atoms with van der Waals surface area (Å²) in [6.07, 6.45) is -0.247.